The predicted octanol–water partition coefficient (Wildman–Crippen LogP) is 5.48. The van der Waals surface area contributed by atoms with Crippen molar-refractivity contribution in [3.05, 3.63) is 59.8 Å². The van der Waals surface area contributed by atoms with Crippen molar-refractivity contribution in [2.45, 2.75) is 43.9 Å². The number of methoxy groups -OCH3 is 1. The van der Waals surface area contributed by atoms with Crippen LogP contribution in [0.5, 0.6) is 5.75 Å². The average Bonchev–Trinajstić information content (AvgIpc) is 2.84. The number of carbonyl (C=O) groups is 1. The fraction of sp³-hybridized carbons (Fsp3) is 0.385. The minimum atomic E-state index is -4.52. The number of para-hydroxylation sites is 1. The highest BCUT2D eigenvalue weighted by Crippen LogP contribution is 2.34. The van der Waals surface area contributed by atoms with E-state index in [4.69, 9.17) is 4.74 Å². The molecule has 9 heteroatoms. The Hall–Kier alpha value is -3.49. The maximum Gasteiger partial charge on any atom is 0.433 e. The molecule has 0 unspecified atom stereocenters. The first-order valence-corrected chi connectivity index (χ1v) is 11.6. The van der Waals surface area contributed by atoms with Gasteiger partial charge in [-0.25, -0.2) is 4.98 Å². The van der Waals surface area contributed by atoms with Gasteiger partial charge in [0, 0.05) is 49.0 Å². The van der Waals surface area contributed by atoms with Crippen molar-refractivity contribution >= 4 is 28.2 Å². The lowest BCUT2D eigenvalue weighted by atomic mass is 9.90. The quantitative estimate of drug-likeness (QED) is 0.483. The Morgan fingerprint density at radius 3 is 2.37 bits per heavy atom. The largest absolute Gasteiger partial charge is 0.496 e. The van der Waals surface area contributed by atoms with Crippen LogP contribution in [-0.4, -0.2) is 44.2 Å². The Bertz CT molecular complexity index is 1200. The number of halogens is 3. The molecule has 0 radical (unpaired) electrons. The highest BCUT2D eigenvalue weighted by molar-refractivity contribution is 5.97. The molecule has 1 heterocycles. The first-order valence-electron chi connectivity index (χ1n) is 11.6. The maximum absolute atomic E-state index is 13.4. The van der Waals surface area contributed by atoms with E-state index in [2.05, 4.69) is 15.6 Å². The van der Waals surface area contributed by atoms with Crippen LogP contribution >= 0.6 is 0 Å². The minimum absolute atomic E-state index is 0.00366. The van der Waals surface area contributed by atoms with Crippen molar-refractivity contribution in [3.63, 3.8) is 0 Å². The van der Waals surface area contributed by atoms with Crippen molar-refractivity contribution in [2.75, 3.05) is 31.4 Å². The number of amides is 1. The van der Waals surface area contributed by atoms with Gasteiger partial charge in [0.2, 0.25) is 0 Å². The normalized spacial score (nSPS) is 18.2. The number of pyridine rings is 1. The fourth-order valence-corrected chi connectivity index (χ4v) is 4.45. The molecule has 1 aliphatic rings. The van der Waals surface area contributed by atoms with E-state index in [-0.39, 0.29) is 18.0 Å². The molecule has 6 nitrogen and oxygen atoms in total. The zero-order chi connectivity index (χ0) is 25.2. The predicted molar refractivity (Wildman–Crippen MR) is 131 cm³/mol. The molecule has 0 spiro atoms. The summed E-state index contributed by atoms with van der Waals surface area (Å²) in [6.07, 6.45) is -1.64. The summed E-state index contributed by atoms with van der Waals surface area (Å²) in [6, 6.07) is 13.3. The Labute approximate surface area is 202 Å². The molecule has 1 saturated carbocycles. The van der Waals surface area contributed by atoms with E-state index in [1.807, 2.05) is 31.1 Å². The molecular weight excluding hydrogens is 457 g/mol. The number of aromatic nitrogens is 1. The van der Waals surface area contributed by atoms with Gasteiger partial charge in [0.15, 0.2) is 0 Å². The van der Waals surface area contributed by atoms with Crippen molar-refractivity contribution < 1.29 is 22.7 Å². The van der Waals surface area contributed by atoms with Crippen LogP contribution in [0.25, 0.3) is 10.9 Å². The molecule has 1 fully saturated rings. The van der Waals surface area contributed by atoms with Crippen molar-refractivity contribution in [3.8, 4) is 5.75 Å². The number of nitrogens with zero attached hydrogens (tertiary/aromatic N) is 2. The number of hydrogen-bond donors (Lipinski definition) is 2. The summed E-state index contributed by atoms with van der Waals surface area (Å²) in [4.78, 5) is 18.6. The van der Waals surface area contributed by atoms with Gasteiger partial charge in [-0.05, 0) is 49.9 Å². The zero-order valence-electron chi connectivity index (χ0n) is 19.9. The number of anilines is 2. The van der Waals surface area contributed by atoms with Crippen molar-refractivity contribution in [1.82, 2.24) is 10.3 Å². The van der Waals surface area contributed by atoms with E-state index in [1.54, 1.807) is 30.3 Å². The van der Waals surface area contributed by atoms with Crippen LogP contribution in [0.15, 0.2) is 48.5 Å². The third-order valence-electron chi connectivity index (χ3n) is 6.37. The maximum atomic E-state index is 13.4. The van der Waals surface area contributed by atoms with Crippen LogP contribution < -0.4 is 20.3 Å². The molecule has 1 aromatic heterocycles. The summed E-state index contributed by atoms with van der Waals surface area (Å²) < 4.78 is 45.5. The number of nitrogens with one attached hydrogen (secondary N) is 2. The smallest absolute Gasteiger partial charge is 0.433 e. The Morgan fingerprint density at radius 1 is 1.03 bits per heavy atom. The highest BCUT2D eigenvalue weighted by Gasteiger charge is 2.34. The van der Waals surface area contributed by atoms with Gasteiger partial charge in [0.25, 0.3) is 5.91 Å². The summed E-state index contributed by atoms with van der Waals surface area (Å²) in [5, 5.41) is 7.04. The Morgan fingerprint density at radius 2 is 1.71 bits per heavy atom. The lowest BCUT2D eigenvalue weighted by Crippen LogP contribution is -2.40. The lowest BCUT2D eigenvalue weighted by Gasteiger charge is -2.31. The van der Waals surface area contributed by atoms with Crippen molar-refractivity contribution in [2.24, 2.45) is 0 Å². The molecular formula is C26H29F3N4O2. The average molecular weight is 487 g/mol. The number of alkyl halides is 3. The molecule has 0 aliphatic heterocycles. The van der Waals surface area contributed by atoms with Gasteiger partial charge in [-0.2, -0.15) is 13.2 Å². The number of fused-ring (bicyclic) bond motifs is 1. The van der Waals surface area contributed by atoms with E-state index in [0.29, 0.717) is 27.9 Å². The van der Waals surface area contributed by atoms with Gasteiger partial charge in [0.1, 0.15) is 11.4 Å². The summed E-state index contributed by atoms with van der Waals surface area (Å²) >= 11 is 0. The molecule has 2 N–H and O–H groups in total. The number of carbonyl (C=O) groups excluding carboxylic acids is 1. The molecule has 2 aromatic carbocycles. The summed E-state index contributed by atoms with van der Waals surface area (Å²) in [5.41, 5.74) is 1.23. The first-order chi connectivity index (χ1) is 16.7. The van der Waals surface area contributed by atoms with Gasteiger partial charge >= 0.3 is 6.18 Å². The zero-order valence-corrected chi connectivity index (χ0v) is 19.9. The van der Waals surface area contributed by atoms with Crippen LogP contribution in [0.2, 0.25) is 0 Å². The Kier molecular flexibility index (Phi) is 7.05. The topological polar surface area (TPSA) is 66.5 Å². The van der Waals surface area contributed by atoms with Crippen LogP contribution in [0.1, 0.15) is 41.7 Å². The van der Waals surface area contributed by atoms with Crippen molar-refractivity contribution in [1.29, 1.82) is 0 Å². The van der Waals surface area contributed by atoms with Gasteiger partial charge in [-0.15, -0.1) is 0 Å². The second-order valence-corrected chi connectivity index (χ2v) is 9.02. The van der Waals surface area contributed by atoms with E-state index >= 15 is 0 Å². The van der Waals surface area contributed by atoms with Gasteiger partial charge in [-0.3, -0.25) is 4.79 Å². The number of benzene rings is 2. The van der Waals surface area contributed by atoms with Crippen LogP contribution in [0.4, 0.5) is 24.5 Å². The molecule has 1 amide bonds. The molecule has 186 valence electrons. The number of hydrogen-bond acceptors (Lipinski definition) is 5. The molecule has 3 aromatic rings. The molecule has 4 rings (SSSR count). The molecule has 0 saturated heterocycles. The monoisotopic (exact) mass is 486 g/mol. The minimum Gasteiger partial charge on any atom is -0.496 e. The van der Waals surface area contributed by atoms with Gasteiger partial charge in [-0.1, -0.05) is 18.2 Å². The fourth-order valence-electron chi connectivity index (χ4n) is 4.45. The second kappa shape index (κ2) is 10.0. The summed E-state index contributed by atoms with van der Waals surface area (Å²) in [7, 11) is 5.37. The second-order valence-electron chi connectivity index (χ2n) is 9.02. The molecule has 1 aliphatic carbocycles. The van der Waals surface area contributed by atoms with E-state index in [1.165, 1.54) is 7.11 Å². The number of ether oxygens (including phenoxy) is 1. The molecule has 0 atom stereocenters. The third kappa shape index (κ3) is 5.61. The highest BCUT2D eigenvalue weighted by atomic mass is 19.4. The summed E-state index contributed by atoms with van der Waals surface area (Å²) in [5.74, 6) is 0.313. The van der Waals surface area contributed by atoms with E-state index < -0.39 is 11.9 Å². The molecule has 35 heavy (non-hydrogen) atoms. The van der Waals surface area contributed by atoms with Crippen LogP contribution in [0.3, 0.4) is 0 Å². The van der Waals surface area contributed by atoms with E-state index in [9.17, 15) is 18.0 Å². The number of rotatable bonds is 6. The van der Waals surface area contributed by atoms with Crippen LogP contribution in [0, 0.1) is 0 Å². The summed E-state index contributed by atoms with van der Waals surface area (Å²) in [6.45, 7) is 0. The standard InChI is InChI=1S/C26H29F3N4O2/c1-33(2)18-12-13-20(23(14-18)35-3)25(34)31-17-10-8-16(9-11-17)30-22-15-24(26(27,28)29)32-21-7-5-4-6-19(21)22/h4-7,12-17H,8-11H2,1-3H3,(H,30,32)(H,31,34)/t16-,17+. The third-order valence-corrected chi connectivity index (χ3v) is 6.37. The van der Waals surface area contributed by atoms with E-state index in [0.717, 1.165) is 37.4 Å². The van der Waals surface area contributed by atoms with Gasteiger partial charge < -0.3 is 20.3 Å². The van der Waals surface area contributed by atoms with Gasteiger partial charge in [0.05, 0.1) is 18.2 Å². The SMILES string of the molecule is COc1cc(N(C)C)ccc1C(=O)N[C@H]1CC[C@@H](Nc2cc(C(F)(F)F)nc3ccccc23)CC1. The van der Waals surface area contributed by atoms with Crippen LogP contribution in [-0.2, 0) is 6.18 Å². The lowest BCUT2D eigenvalue weighted by molar-refractivity contribution is -0.140. The first kappa shape index (κ1) is 24.6. The molecule has 0 bridgehead atoms. The Balaban J connectivity index is 1.41.